The Kier molecular flexibility index (Phi) is 4.41. The van der Waals surface area contributed by atoms with E-state index >= 15 is 0 Å². The normalized spacial score (nSPS) is 24.8. The molecule has 2 atom stereocenters. The Balaban J connectivity index is 1.31. The number of carbonyl (C=O) groups excluding carboxylic acids is 1. The molecule has 1 saturated carbocycles. The second-order valence-electron chi connectivity index (χ2n) is 6.78. The van der Waals surface area contributed by atoms with E-state index in [0.717, 1.165) is 62.0 Å². The smallest absolute Gasteiger partial charge is 0.226 e. The van der Waals surface area contributed by atoms with Crippen molar-refractivity contribution in [1.82, 2.24) is 14.8 Å². The van der Waals surface area contributed by atoms with Gasteiger partial charge in [-0.05, 0) is 31.9 Å². The summed E-state index contributed by atoms with van der Waals surface area (Å²) >= 11 is 1.70. The molecule has 1 amide bonds. The van der Waals surface area contributed by atoms with E-state index in [9.17, 15) is 4.79 Å². The van der Waals surface area contributed by atoms with E-state index < -0.39 is 0 Å². The highest BCUT2D eigenvalue weighted by molar-refractivity contribution is 7.09. The van der Waals surface area contributed by atoms with Crippen molar-refractivity contribution in [3.05, 3.63) is 40.2 Å². The zero-order chi connectivity index (χ0) is 16.5. The number of hydrogen-bond acceptors (Lipinski definition) is 5. The van der Waals surface area contributed by atoms with E-state index in [2.05, 4.69) is 20.2 Å². The van der Waals surface area contributed by atoms with Crippen LogP contribution in [-0.2, 0) is 11.3 Å². The number of thiazole rings is 1. The van der Waals surface area contributed by atoms with E-state index in [1.165, 1.54) is 0 Å². The highest BCUT2D eigenvalue weighted by Gasteiger charge is 2.47. The van der Waals surface area contributed by atoms with Crippen LogP contribution >= 0.6 is 11.3 Å². The molecular weight excluding hydrogens is 322 g/mol. The van der Waals surface area contributed by atoms with Crippen molar-refractivity contribution in [2.24, 2.45) is 5.92 Å². The minimum atomic E-state index is 0.129. The molecule has 4 rings (SSSR count). The lowest BCUT2D eigenvalue weighted by molar-refractivity contribution is -0.132. The van der Waals surface area contributed by atoms with Gasteiger partial charge in [-0.3, -0.25) is 9.69 Å². The number of furan rings is 1. The Morgan fingerprint density at radius 1 is 1.38 bits per heavy atom. The number of hydrogen-bond donors (Lipinski definition) is 0. The Labute approximate surface area is 146 Å². The van der Waals surface area contributed by atoms with Gasteiger partial charge in [0.25, 0.3) is 0 Å². The maximum absolute atomic E-state index is 12.7. The predicted octanol–water partition coefficient (Wildman–Crippen LogP) is 2.88. The highest BCUT2D eigenvalue weighted by Crippen LogP contribution is 2.48. The average molecular weight is 345 g/mol. The number of carbonyl (C=O) groups is 1. The number of rotatable bonds is 4. The summed E-state index contributed by atoms with van der Waals surface area (Å²) in [5.74, 6) is 1.69. The molecule has 0 unspecified atom stereocenters. The summed E-state index contributed by atoms with van der Waals surface area (Å²) in [4.78, 5) is 21.8. The molecule has 24 heavy (non-hydrogen) atoms. The topological polar surface area (TPSA) is 49.6 Å². The lowest BCUT2D eigenvalue weighted by Gasteiger charge is -2.21. The predicted molar refractivity (Wildman–Crippen MR) is 92.9 cm³/mol. The molecule has 3 heterocycles. The zero-order valence-corrected chi connectivity index (χ0v) is 14.8. The fourth-order valence-corrected chi connectivity index (χ4v) is 4.18. The van der Waals surface area contributed by atoms with Crippen LogP contribution in [0.2, 0.25) is 0 Å². The SMILES string of the molecule is Cc1nc(CN2CCCN(C(=O)[C@@H]3C[C@@H]3c3ccco3)CC2)cs1. The molecule has 1 saturated heterocycles. The number of aryl methyl sites for hydroxylation is 1. The molecule has 2 aromatic rings. The standard InChI is InChI=1S/C18H23N3O2S/c1-13-19-14(12-24-13)11-20-5-3-6-21(8-7-20)18(22)16-10-15(16)17-4-2-9-23-17/h2,4,9,12,15-16H,3,5-8,10-11H2,1H3/t15-,16+/m0/s1. The monoisotopic (exact) mass is 345 g/mol. The average Bonchev–Trinajstić information content (AvgIpc) is 3.08. The van der Waals surface area contributed by atoms with E-state index in [0.29, 0.717) is 11.8 Å². The maximum atomic E-state index is 12.7. The van der Waals surface area contributed by atoms with E-state index in [1.807, 2.05) is 19.1 Å². The minimum Gasteiger partial charge on any atom is -0.469 e. The lowest BCUT2D eigenvalue weighted by atomic mass is 10.2. The molecule has 1 aliphatic carbocycles. The van der Waals surface area contributed by atoms with Crippen molar-refractivity contribution in [3.63, 3.8) is 0 Å². The van der Waals surface area contributed by atoms with E-state index in [-0.39, 0.29) is 5.92 Å². The molecular formula is C18H23N3O2S. The fourth-order valence-electron chi connectivity index (χ4n) is 3.58. The lowest BCUT2D eigenvalue weighted by Crippen LogP contribution is -2.36. The second-order valence-corrected chi connectivity index (χ2v) is 7.84. The van der Waals surface area contributed by atoms with Gasteiger partial charge in [0.05, 0.1) is 17.0 Å². The van der Waals surface area contributed by atoms with Crippen LogP contribution in [0, 0.1) is 12.8 Å². The van der Waals surface area contributed by atoms with E-state index in [4.69, 9.17) is 4.42 Å². The van der Waals surface area contributed by atoms with Gasteiger partial charge in [0.2, 0.25) is 5.91 Å². The van der Waals surface area contributed by atoms with Crippen LogP contribution in [0.15, 0.2) is 28.2 Å². The summed E-state index contributed by atoms with van der Waals surface area (Å²) in [5, 5.41) is 3.26. The third-order valence-electron chi connectivity index (χ3n) is 4.97. The molecule has 0 bridgehead atoms. The van der Waals surface area contributed by atoms with Crippen LogP contribution in [0.25, 0.3) is 0 Å². The molecule has 0 radical (unpaired) electrons. The van der Waals surface area contributed by atoms with Crippen molar-refractivity contribution in [2.45, 2.75) is 32.2 Å². The van der Waals surface area contributed by atoms with Crippen LogP contribution in [-0.4, -0.2) is 46.9 Å². The van der Waals surface area contributed by atoms with Crippen molar-refractivity contribution in [1.29, 1.82) is 0 Å². The fraction of sp³-hybridized carbons (Fsp3) is 0.556. The molecule has 0 N–H and O–H groups in total. The van der Waals surface area contributed by atoms with Crippen molar-refractivity contribution in [3.8, 4) is 0 Å². The van der Waals surface area contributed by atoms with Gasteiger partial charge in [-0.15, -0.1) is 11.3 Å². The van der Waals surface area contributed by atoms with Crippen LogP contribution in [0.4, 0.5) is 0 Å². The molecule has 2 aromatic heterocycles. The zero-order valence-electron chi connectivity index (χ0n) is 14.0. The van der Waals surface area contributed by atoms with Crippen molar-refractivity contribution >= 4 is 17.2 Å². The first-order valence-corrected chi connectivity index (χ1v) is 9.54. The Bertz CT molecular complexity index is 697. The molecule has 2 fully saturated rings. The highest BCUT2D eigenvalue weighted by atomic mass is 32.1. The van der Waals surface area contributed by atoms with Gasteiger partial charge in [0, 0.05) is 49.9 Å². The maximum Gasteiger partial charge on any atom is 0.226 e. The quantitative estimate of drug-likeness (QED) is 0.855. The van der Waals surface area contributed by atoms with Gasteiger partial charge in [-0.1, -0.05) is 0 Å². The van der Waals surface area contributed by atoms with Crippen LogP contribution in [0.3, 0.4) is 0 Å². The van der Waals surface area contributed by atoms with Gasteiger partial charge in [0.1, 0.15) is 5.76 Å². The van der Waals surface area contributed by atoms with E-state index in [1.54, 1.807) is 17.6 Å². The summed E-state index contributed by atoms with van der Waals surface area (Å²) in [6.45, 7) is 6.59. The molecule has 128 valence electrons. The summed E-state index contributed by atoms with van der Waals surface area (Å²) < 4.78 is 5.45. The van der Waals surface area contributed by atoms with Crippen molar-refractivity contribution in [2.75, 3.05) is 26.2 Å². The molecule has 1 aliphatic heterocycles. The summed E-state index contributed by atoms with van der Waals surface area (Å²) in [5.41, 5.74) is 1.15. The van der Waals surface area contributed by atoms with Crippen LogP contribution in [0.5, 0.6) is 0 Å². The molecule has 0 aromatic carbocycles. The second kappa shape index (κ2) is 6.69. The summed E-state index contributed by atoms with van der Waals surface area (Å²) in [6, 6.07) is 3.89. The van der Waals surface area contributed by atoms with Gasteiger partial charge >= 0.3 is 0 Å². The van der Waals surface area contributed by atoms with Gasteiger partial charge in [0.15, 0.2) is 0 Å². The third kappa shape index (κ3) is 3.39. The number of nitrogens with zero attached hydrogens (tertiary/aromatic N) is 3. The molecule has 0 spiro atoms. The Hall–Kier alpha value is -1.66. The Morgan fingerprint density at radius 2 is 2.29 bits per heavy atom. The first-order chi connectivity index (χ1) is 11.7. The van der Waals surface area contributed by atoms with Gasteiger partial charge < -0.3 is 9.32 Å². The number of amides is 1. The summed E-state index contributed by atoms with van der Waals surface area (Å²) in [7, 11) is 0. The molecule has 5 nitrogen and oxygen atoms in total. The number of aromatic nitrogens is 1. The first-order valence-electron chi connectivity index (χ1n) is 8.66. The summed E-state index contributed by atoms with van der Waals surface area (Å²) in [6.07, 6.45) is 3.66. The van der Waals surface area contributed by atoms with Crippen molar-refractivity contribution < 1.29 is 9.21 Å². The van der Waals surface area contributed by atoms with Crippen LogP contribution in [0.1, 0.15) is 35.2 Å². The van der Waals surface area contributed by atoms with Gasteiger partial charge in [-0.25, -0.2) is 4.98 Å². The first kappa shape index (κ1) is 15.8. The van der Waals surface area contributed by atoms with Crippen LogP contribution < -0.4 is 0 Å². The third-order valence-corrected chi connectivity index (χ3v) is 5.79. The Morgan fingerprint density at radius 3 is 3.04 bits per heavy atom. The minimum absolute atomic E-state index is 0.129. The largest absolute Gasteiger partial charge is 0.469 e. The molecule has 6 heteroatoms. The molecule has 2 aliphatic rings. The van der Waals surface area contributed by atoms with Gasteiger partial charge in [-0.2, -0.15) is 0 Å².